The zero-order chi connectivity index (χ0) is 15.2. The molecule has 0 aliphatic rings. The van der Waals surface area contributed by atoms with Crippen LogP contribution in [0, 0.1) is 0 Å². The van der Waals surface area contributed by atoms with E-state index in [1.165, 1.54) is 12.1 Å². The highest BCUT2D eigenvalue weighted by molar-refractivity contribution is 5.94. The number of benzene rings is 2. The Labute approximate surface area is 120 Å². The monoisotopic (exact) mass is 292 g/mol. The molecule has 21 heavy (non-hydrogen) atoms. The molecule has 6 heteroatoms. The number of para-hydroxylation sites is 1. The van der Waals surface area contributed by atoms with Crippen molar-refractivity contribution in [3.05, 3.63) is 59.7 Å². The molecule has 0 heterocycles. The summed E-state index contributed by atoms with van der Waals surface area (Å²) in [6.45, 7) is -2.83. The number of hydrogen-bond donors (Lipinski definition) is 2. The Hall–Kier alpha value is -2.63. The van der Waals surface area contributed by atoms with Crippen molar-refractivity contribution in [3.8, 4) is 5.75 Å². The Morgan fingerprint density at radius 2 is 1.95 bits per heavy atom. The van der Waals surface area contributed by atoms with Crippen LogP contribution in [-0.4, -0.2) is 12.5 Å². The molecule has 2 rings (SSSR count). The fourth-order valence-electron chi connectivity index (χ4n) is 1.82. The predicted molar refractivity (Wildman–Crippen MR) is 75.1 cm³/mol. The molecule has 0 aliphatic heterocycles. The molecule has 1 amide bonds. The first-order valence-corrected chi connectivity index (χ1v) is 6.22. The molecule has 0 atom stereocenters. The van der Waals surface area contributed by atoms with Crippen LogP contribution in [-0.2, 0) is 6.54 Å². The minimum Gasteiger partial charge on any atom is -0.434 e. The summed E-state index contributed by atoms with van der Waals surface area (Å²) in [5.74, 6) is -0.297. The van der Waals surface area contributed by atoms with Gasteiger partial charge in [0.1, 0.15) is 5.75 Å². The van der Waals surface area contributed by atoms with Crippen molar-refractivity contribution in [1.82, 2.24) is 5.32 Å². The highest BCUT2D eigenvalue weighted by Crippen LogP contribution is 2.20. The van der Waals surface area contributed by atoms with E-state index in [-0.39, 0.29) is 18.2 Å². The largest absolute Gasteiger partial charge is 0.434 e. The van der Waals surface area contributed by atoms with Gasteiger partial charge in [-0.1, -0.05) is 24.3 Å². The molecule has 4 nitrogen and oxygen atoms in total. The summed E-state index contributed by atoms with van der Waals surface area (Å²) >= 11 is 0. The normalized spacial score (nSPS) is 10.4. The van der Waals surface area contributed by atoms with E-state index >= 15 is 0 Å². The summed E-state index contributed by atoms with van der Waals surface area (Å²) in [5.41, 5.74) is 6.95. The first kappa shape index (κ1) is 14.8. The highest BCUT2D eigenvalue weighted by Gasteiger charge is 2.11. The number of amides is 1. The van der Waals surface area contributed by atoms with Crippen LogP contribution in [0.25, 0.3) is 0 Å². The van der Waals surface area contributed by atoms with Gasteiger partial charge in [0.25, 0.3) is 5.91 Å². The molecule has 2 aromatic carbocycles. The second-order valence-corrected chi connectivity index (χ2v) is 4.29. The van der Waals surface area contributed by atoms with Gasteiger partial charge in [0, 0.05) is 23.4 Å². The molecule has 3 N–H and O–H groups in total. The summed E-state index contributed by atoms with van der Waals surface area (Å²) in [6.07, 6.45) is 0. The van der Waals surface area contributed by atoms with Crippen LogP contribution in [0.5, 0.6) is 5.75 Å². The number of carbonyl (C=O) groups excluding carboxylic acids is 1. The van der Waals surface area contributed by atoms with Gasteiger partial charge in [-0.25, -0.2) is 0 Å². The van der Waals surface area contributed by atoms with Crippen molar-refractivity contribution in [3.63, 3.8) is 0 Å². The number of halogens is 2. The number of carbonyl (C=O) groups is 1. The van der Waals surface area contributed by atoms with Gasteiger partial charge in [0.05, 0.1) is 0 Å². The van der Waals surface area contributed by atoms with Crippen molar-refractivity contribution in [2.24, 2.45) is 0 Å². The Kier molecular flexibility index (Phi) is 4.71. The van der Waals surface area contributed by atoms with Crippen LogP contribution in [0.2, 0.25) is 0 Å². The van der Waals surface area contributed by atoms with Crippen molar-refractivity contribution in [1.29, 1.82) is 0 Å². The number of alkyl halides is 2. The summed E-state index contributed by atoms with van der Waals surface area (Å²) in [7, 11) is 0. The molecule has 0 spiro atoms. The molecule has 2 aromatic rings. The van der Waals surface area contributed by atoms with Gasteiger partial charge in [-0.05, 0) is 24.3 Å². The van der Waals surface area contributed by atoms with E-state index in [2.05, 4.69) is 10.1 Å². The van der Waals surface area contributed by atoms with Crippen LogP contribution < -0.4 is 15.8 Å². The third-order valence-electron chi connectivity index (χ3n) is 2.78. The van der Waals surface area contributed by atoms with Crippen LogP contribution >= 0.6 is 0 Å². The van der Waals surface area contributed by atoms with Gasteiger partial charge in [-0.2, -0.15) is 8.78 Å². The van der Waals surface area contributed by atoms with Crippen LogP contribution in [0.3, 0.4) is 0 Å². The lowest BCUT2D eigenvalue weighted by Crippen LogP contribution is -2.23. The van der Waals surface area contributed by atoms with Gasteiger partial charge < -0.3 is 15.8 Å². The van der Waals surface area contributed by atoms with Crippen molar-refractivity contribution in [2.75, 3.05) is 5.73 Å². The maximum Gasteiger partial charge on any atom is 0.387 e. The maximum absolute atomic E-state index is 12.3. The number of hydrogen-bond acceptors (Lipinski definition) is 3. The summed E-state index contributed by atoms with van der Waals surface area (Å²) < 4.78 is 29.0. The summed E-state index contributed by atoms with van der Waals surface area (Å²) in [5, 5.41) is 2.64. The quantitative estimate of drug-likeness (QED) is 0.833. The SMILES string of the molecule is Nc1cccc(C(=O)NCc2ccccc2OC(F)F)c1. The Morgan fingerprint density at radius 3 is 2.67 bits per heavy atom. The topological polar surface area (TPSA) is 64.4 Å². The first-order chi connectivity index (χ1) is 10.1. The van der Waals surface area contributed by atoms with Crippen molar-refractivity contribution in [2.45, 2.75) is 13.2 Å². The second kappa shape index (κ2) is 6.69. The number of nitrogens with one attached hydrogen (secondary N) is 1. The fourth-order valence-corrected chi connectivity index (χ4v) is 1.82. The Balaban J connectivity index is 2.04. The molecule has 0 aromatic heterocycles. The third kappa shape index (κ3) is 4.17. The first-order valence-electron chi connectivity index (χ1n) is 6.22. The van der Waals surface area contributed by atoms with E-state index in [1.54, 1.807) is 36.4 Å². The average Bonchev–Trinajstić information content (AvgIpc) is 2.45. The van der Waals surface area contributed by atoms with Gasteiger partial charge in [0.15, 0.2) is 0 Å². The molecule has 110 valence electrons. The van der Waals surface area contributed by atoms with Gasteiger partial charge in [0.2, 0.25) is 0 Å². The van der Waals surface area contributed by atoms with E-state index in [9.17, 15) is 13.6 Å². The predicted octanol–water partition coefficient (Wildman–Crippen LogP) is 2.80. The van der Waals surface area contributed by atoms with E-state index in [1.807, 2.05) is 0 Å². The van der Waals surface area contributed by atoms with E-state index in [0.717, 1.165) is 0 Å². The number of ether oxygens (including phenoxy) is 1. The number of rotatable bonds is 5. The smallest absolute Gasteiger partial charge is 0.387 e. The average molecular weight is 292 g/mol. The molecule has 0 saturated heterocycles. The van der Waals surface area contributed by atoms with Gasteiger partial charge in [-0.15, -0.1) is 0 Å². The lowest BCUT2D eigenvalue weighted by Gasteiger charge is -2.11. The molecule has 0 aliphatic carbocycles. The summed E-state index contributed by atoms with van der Waals surface area (Å²) in [6, 6.07) is 12.8. The van der Waals surface area contributed by atoms with Crippen LogP contribution in [0.15, 0.2) is 48.5 Å². The second-order valence-electron chi connectivity index (χ2n) is 4.29. The lowest BCUT2D eigenvalue weighted by molar-refractivity contribution is -0.0504. The van der Waals surface area contributed by atoms with Crippen LogP contribution in [0.4, 0.5) is 14.5 Å². The number of anilines is 1. The lowest BCUT2D eigenvalue weighted by atomic mass is 10.1. The number of nitrogens with two attached hydrogens (primary N) is 1. The van der Waals surface area contributed by atoms with Crippen molar-refractivity contribution < 1.29 is 18.3 Å². The van der Waals surface area contributed by atoms with E-state index in [4.69, 9.17) is 5.73 Å². The molecular weight excluding hydrogens is 278 g/mol. The standard InChI is InChI=1S/C15H14F2N2O2/c16-15(17)21-13-7-2-1-4-11(13)9-19-14(20)10-5-3-6-12(18)8-10/h1-8,15H,9,18H2,(H,19,20). The van der Waals surface area contributed by atoms with E-state index in [0.29, 0.717) is 16.8 Å². The van der Waals surface area contributed by atoms with Crippen molar-refractivity contribution >= 4 is 11.6 Å². The Bertz CT molecular complexity index is 633. The van der Waals surface area contributed by atoms with Gasteiger partial charge >= 0.3 is 6.61 Å². The fraction of sp³-hybridized carbons (Fsp3) is 0.133. The molecule has 0 fully saturated rings. The molecule has 0 radical (unpaired) electrons. The molecular formula is C15H14F2N2O2. The van der Waals surface area contributed by atoms with Gasteiger partial charge in [-0.3, -0.25) is 4.79 Å². The third-order valence-corrected chi connectivity index (χ3v) is 2.78. The molecule has 0 unspecified atom stereocenters. The maximum atomic E-state index is 12.3. The Morgan fingerprint density at radius 1 is 1.19 bits per heavy atom. The minimum atomic E-state index is -2.91. The zero-order valence-electron chi connectivity index (χ0n) is 11.1. The summed E-state index contributed by atoms with van der Waals surface area (Å²) in [4.78, 5) is 11.9. The highest BCUT2D eigenvalue weighted by atomic mass is 19.3. The van der Waals surface area contributed by atoms with E-state index < -0.39 is 6.61 Å². The zero-order valence-corrected chi connectivity index (χ0v) is 11.1. The molecule has 0 saturated carbocycles. The number of nitrogen functional groups attached to an aromatic ring is 1. The molecule has 0 bridgehead atoms. The van der Waals surface area contributed by atoms with Crippen LogP contribution in [0.1, 0.15) is 15.9 Å². The minimum absolute atomic E-state index is 0.0420.